The van der Waals surface area contributed by atoms with E-state index < -0.39 is 5.82 Å². The number of nitriles is 1. The van der Waals surface area contributed by atoms with Gasteiger partial charge in [0.05, 0.1) is 28.7 Å². The molecule has 122 valence electrons. The van der Waals surface area contributed by atoms with E-state index in [0.29, 0.717) is 11.4 Å². The van der Waals surface area contributed by atoms with Crippen molar-refractivity contribution >= 4 is 11.0 Å². The lowest BCUT2D eigenvalue weighted by Crippen LogP contribution is -2.26. The number of hydrogen-bond acceptors (Lipinski definition) is 4. The van der Waals surface area contributed by atoms with Crippen LogP contribution in [0, 0.1) is 17.1 Å². The molecular formula is C18H17FN4O. The summed E-state index contributed by atoms with van der Waals surface area (Å²) in [6, 6.07) is 11.6. The number of nitrogens with zero attached hydrogens (tertiary/aromatic N) is 2. The number of hydrogen-bond donors (Lipinski definition) is 2. The van der Waals surface area contributed by atoms with E-state index in [-0.39, 0.29) is 17.7 Å². The molecule has 0 saturated heterocycles. The molecule has 0 radical (unpaired) electrons. The second-order valence-electron chi connectivity index (χ2n) is 5.63. The van der Waals surface area contributed by atoms with Crippen molar-refractivity contribution in [3.8, 4) is 17.2 Å². The van der Waals surface area contributed by atoms with Crippen molar-refractivity contribution in [1.82, 2.24) is 9.97 Å². The van der Waals surface area contributed by atoms with Gasteiger partial charge in [0.25, 0.3) is 0 Å². The van der Waals surface area contributed by atoms with E-state index in [9.17, 15) is 4.39 Å². The Labute approximate surface area is 138 Å². The maximum absolute atomic E-state index is 13.8. The Morgan fingerprint density at radius 1 is 1.25 bits per heavy atom. The van der Waals surface area contributed by atoms with E-state index in [0.717, 1.165) is 16.6 Å². The van der Waals surface area contributed by atoms with Gasteiger partial charge in [-0.3, -0.25) is 0 Å². The molecule has 0 aliphatic rings. The van der Waals surface area contributed by atoms with E-state index in [1.54, 1.807) is 13.2 Å². The molecule has 0 aliphatic carbocycles. The fourth-order valence-corrected chi connectivity index (χ4v) is 2.52. The maximum atomic E-state index is 13.8. The van der Waals surface area contributed by atoms with Gasteiger partial charge in [0.2, 0.25) is 0 Å². The largest absolute Gasteiger partial charge is 0.380 e. The van der Waals surface area contributed by atoms with Crippen molar-refractivity contribution in [2.24, 2.45) is 5.73 Å². The number of methoxy groups -OCH3 is 1. The monoisotopic (exact) mass is 324 g/mol. The highest BCUT2D eigenvalue weighted by Crippen LogP contribution is 2.26. The molecule has 1 heterocycles. The van der Waals surface area contributed by atoms with E-state index in [1.165, 1.54) is 12.1 Å². The lowest BCUT2D eigenvalue weighted by atomic mass is 10.0. The first-order valence-electron chi connectivity index (χ1n) is 7.51. The highest BCUT2D eigenvalue weighted by Gasteiger charge is 2.18. The summed E-state index contributed by atoms with van der Waals surface area (Å²) in [7, 11) is 1.60. The second-order valence-corrected chi connectivity index (χ2v) is 5.63. The minimum atomic E-state index is -0.531. The molecule has 5 nitrogen and oxygen atoms in total. The molecule has 6 heteroatoms. The number of nitrogens with one attached hydrogen (secondary N) is 1. The average molecular weight is 324 g/mol. The lowest BCUT2D eigenvalue weighted by molar-refractivity contribution is 0.0935. The third kappa shape index (κ3) is 2.87. The van der Waals surface area contributed by atoms with Crippen LogP contribution in [-0.4, -0.2) is 23.2 Å². The van der Waals surface area contributed by atoms with Crippen LogP contribution >= 0.6 is 0 Å². The van der Waals surface area contributed by atoms with Crippen LogP contribution in [0.5, 0.6) is 0 Å². The van der Waals surface area contributed by atoms with Gasteiger partial charge in [-0.2, -0.15) is 5.26 Å². The Bertz CT molecular complexity index is 928. The first-order chi connectivity index (χ1) is 11.5. The van der Waals surface area contributed by atoms with E-state index in [1.807, 2.05) is 31.2 Å². The van der Waals surface area contributed by atoms with Gasteiger partial charge in [0, 0.05) is 7.11 Å². The topological polar surface area (TPSA) is 87.7 Å². The molecule has 0 saturated carbocycles. The van der Waals surface area contributed by atoms with Gasteiger partial charge in [-0.15, -0.1) is 0 Å². The number of fused-ring (bicyclic) bond motifs is 1. The van der Waals surface area contributed by atoms with Crippen LogP contribution in [-0.2, 0) is 4.74 Å². The summed E-state index contributed by atoms with van der Waals surface area (Å²) in [5.74, 6) is 0.110. The Morgan fingerprint density at radius 3 is 2.62 bits per heavy atom. The number of H-pyrrole nitrogens is 1. The first-order valence-corrected chi connectivity index (χ1v) is 7.51. The molecular weight excluding hydrogens is 307 g/mol. The zero-order valence-electron chi connectivity index (χ0n) is 13.4. The summed E-state index contributed by atoms with van der Waals surface area (Å²) in [6.45, 7) is 1.88. The molecule has 0 fully saturated rings. The molecule has 0 spiro atoms. The zero-order valence-corrected chi connectivity index (χ0v) is 13.4. The number of imidazole rings is 1. The van der Waals surface area contributed by atoms with Crippen LogP contribution in [0.25, 0.3) is 22.2 Å². The lowest BCUT2D eigenvalue weighted by Gasteiger charge is -2.15. The Balaban J connectivity index is 2.00. The Morgan fingerprint density at radius 2 is 1.96 bits per heavy atom. The zero-order chi connectivity index (χ0) is 17.3. The molecule has 1 aromatic heterocycles. The third-order valence-corrected chi connectivity index (χ3v) is 4.12. The van der Waals surface area contributed by atoms with Crippen molar-refractivity contribution in [1.29, 1.82) is 5.26 Å². The molecule has 0 amide bonds. The average Bonchev–Trinajstić information content (AvgIpc) is 3.03. The summed E-state index contributed by atoms with van der Waals surface area (Å²) >= 11 is 0. The van der Waals surface area contributed by atoms with Crippen molar-refractivity contribution in [3.05, 3.63) is 53.6 Å². The van der Waals surface area contributed by atoms with Crippen LogP contribution in [0.3, 0.4) is 0 Å². The number of rotatable bonds is 4. The standard InChI is InChI=1S/C18H17FN4O/c1-10(24-2)17(21)18-22-15-6-5-12(8-16(15)23-18)11-3-4-13(9-20)14(19)7-11/h3-8,10,17H,21H2,1-2H3,(H,22,23). The number of aromatic nitrogens is 2. The quantitative estimate of drug-likeness (QED) is 0.771. The number of aromatic amines is 1. The van der Waals surface area contributed by atoms with Crippen LogP contribution in [0.15, 0.2) is 36.4 Å². The van der Waals surface area contributed by atoms with Crippen molar-refractivity contribution in [2.45, 2.75) is 19.1 Å². The van der Waals surface area contributed by atoms with Gasteiger partial charge < -0.3 is 15.5 Å². The third-order valence-electron chi connectivity index (χ3n) is 4.12. The number of ether oxygens (including phenoxy) is 1. The summed E-state index contributed by atoms with van der Waals surface area (Å²) in [5, 5.41) is 8.82. The number of halogens is 1. The fraction of sp³-hybridized carbons (Fsp3) is 0.222. The maximum Gasteiger partial charge on any atom is 0.141 e. The van der Waals surface area contributed by atoms with E-state index in [4.69, 9.17) is 15.7 Å². The summed E-state index contributed by atoms with van der Waals surface area (Å²) in [4.78, 5) is 7.68. The molecule has 2 unspecified atom stereocenters. The second kappa shape index (κ2) is 6.40. The van der Waals surface area contributed by atoms with Gasteiger partial charge in [0.15, 0.2) is 0 Å². The molecule has 3 rings (SSSR count). The Hall–Kier alpha value is -2.75. The number of benzene rings is 2. The minimum Gasteiger partial charge on any atom is -0.380 e. The predicted molar refractivity (Wildman–Crippen MR) is 89.6 cm³/mol. The fourth-order valence-electron chi connectivity index (χ4n) is 2.52. The highest BCUT2D eigenvalue weighted by molar-refractivity contribution is 5.82. The molecule has 3 N–H and O–H groups in total. The Kier molecular flexibility index (Phi) is 4.30. The minimum absolute atomic E-state index is 0.0307. The van der Waals surface area contributed by atoms with Gasteiger partial charge in [-0.05, 0) is 42.3 Å². The van der Waals surface area contributed by atoms with Gasteiger partial charge in [-0.1, -0.05) is 12.1 Å². The van der Waals surface area contributed by atoms with Crippen molar-refractivity contribution < 1.29 is 9.13 Å². The van der Waals surface area contributed by atoms with Crippen LogP contribution in [0.2, 0.25) is 0 Å². The van der Waals surface area contributed by atoms with Gasteiger partial charge >= 0.3 is 0 Å². The van der Waals surface area contributed by atoms with Crippen LogP contribution < -0.4 is 5.73 Å². The SMILES string of the molecule is COC(C)C(N)c1nc2ccc(-c3ccc(C#N)c(F)c3)cc2[nH]1. The molecule has 0 bridgehead atoms. The van der Waals surface area contributed by atoms with Crippen molar-refractivity contribution in [3.63, 3.8) is 0 Å². The van der Waals surface area contributed by atoms with Crippen molar-refractivity contribution in [2.75, 3.05) is 7.11 Å². The smallest absolute Gasteiger partial charge is 0.141 e. The van der Waals surface area contributed by atoms with Crippen LogP contribution in [0.4, 0.5) is 4.39 Å². The van der Waals surface area contributed by atoms with Gasteiger partial charge in [0.1, 0.15) is 17.7 Å². The van der Waals surface area contributed by atoms with Gasteiger partial charge in [-0.25, -0.2) is 9.37 Å². The molecule has 2 aromatic carbocycles. The predicted octanol–water partition coefficient (Wildman–Crippen LogP) is 3.28. The summed E-state index contributed by atoms with van der Waals surface area (Å²) in [6.07, 6.45) is -0.169. The summed E-state index contributed by atoms with van der Waals surface area (Å²) in [5.41, 5.74) is 9.26. The molecule has 24 heavy (non-hydrogen) atoms. The molecule has 2 atom stereocenters. The first kappa shape index (κ1) is 16.1. The van der Waals surface area contributed by atoms with E-state index >= 15 is 0 Å². The summed E-state index contributed by atoms with van der Waals surface area (Å²) < 4.78 is 19.1. The van der Waals surface area contributed by atoms with Crippen LogP contribution in [0.1, 0.15) is 24.4 Å². The van der Waals surface area contributed by atoms with E-state index in [2.05, 4.69) is 9.97 Å². The normalized spacial score (nSPS) is 13.6. The number of nitrogens with two attached hydrogens (primary N) is 1. The molecule has 0 aliphatic heterocycles. The highest BCUT2D eigenvalue weighted by atomic mass is 19.1. The molecule has 3 aromatic rings.